The van der Waals surface area contributed by atoms with Gasteiger partial charge in [0, 0.05) is 24.3 Å². The van der Waals surface area contributed by atoms with Crippen molar-refractivity contribution in [2.45, 2.75) is 13.3 Å². The predicted octanol–water partition coefficient (Wildman–Crippen LogP) is 2.37. The largest absolute Gasteiger partial charge is 0.461 e. The molecular formula is C13H15N3O2S. The number of nitrogens with zero attached hydrogens (tertiary/aromatic N) is 2. The topological polar surface area (TPSA) is 64.1 Å². The summed E-state index contributed by atoms with van der Waals surface area (Å²) in [6.45, 7) is 2.90. The van der Waals surface area contributed by atoms with Crippen LogP contribution < -0.4 is 5.32 Å². The highest BCUT2D eigenvalue weighted by molar-refractivity contribution is 7.13. The van der Waals surface area contributed by atoms with Gasteiger partial charge in [0.15, 0.2) is 10.8 Å². The summed E-state index contributed by atoms with van der Waals surface area (Å²) in [5, 5.41) is 5.62. The van der Waals surface area contributed by atoms with Crippen LogP contribution in [0.1, 0.15) is 23.0 Å². The monoisotopic (exact) mass is 277 g/mol. The lowest BCUT2D eigenvalue weighted by Crippen LogP contribution is -2.07. The summed E-state index contributed by atoms with van der Waals surface area (Å²) in [4.78, 5) is 19.6. The second-order valence-corrected chi connectivity index (χ2v) is 4.65. The van der Waals surface area contributed by atoms with Crippen LogP contribution in [0.2, 0.25) is 0 Å². The van der Waals surface area contributed by atoms with Gasteiger partial charge < -0.3 is 10.1 Å². The van der Waals surface area contributed by atoms with Crippen molar-refractivity contribution in [3.63, 3.8) is 0 Å². The molecule has 2 rings (SSSR count). The van der Waals surface area contributed by atoms with Gasteiger partial charge in [0.2, 0.25) is 0 Å². The number of carbonyl (C=O) groups excluding carboxylic acids is 1. The summed E-state index contributed by atoms with van der Waals surface area (Å²) >= 11 is 1.40. The molecule has 0 saturated heterocycles. The zero-order chi connectivity index (χ0) is 13.5. The van der Waals surface area contributed by atoms with Gasteiger partial charge in [-0.25, -0.2) is 9.78 Å². The molecule has 100 valence electrons. The van der Waals surface area contributed by atoms with Crippen molar-refractivity contribution in [3.05, 3.63) is 41.2 Å². The molecule has 0 saturated carbocycles. The fourth-order valence-corrected chi connectivity index (χ4v) is 2.23. The molecule has 2 heterocycles. The average Bonchev–Trinajstić information content (AvgIpc) is 2.89. The van der Waals surface area contributed by atoms with Gasteiger partial charge in [-0.15, -0.1) is 11.3 Å². The first kappa shape index (κ1) is 13.5. The van der Waals surface area contributed by atoms with Gasteiger partial charge in [0.25, 0.3) is 0 Å². The SMILES string of the molecule is CCOC(=O)c1csc(NCCc2ccncc2)n1. The third kappa shape index (κ3) is 4.03. The van der Waals surface area contributed by atoms with Crippen LogP contribution in [0.25, 0.3) is 0 Å². The fraction of sp³-hybridized carbons (Fsp3) is 0.308. The number of hydrogen-bond acceptors (Lipinski definition) is 6. The Balaban J connectivity index is 1.82. The predicted molar refractivity (Wildman–Crippen MR) is 74.5 cm³/mol. The molecule has 0 aliphatic rings. The standard InChI is InChI=1S/C13H15N3O2S/c1-2-18-12(17)11-9-19-13(16-11)15-8-5-10-3-6-14-7-4-10/h3-4,6-7,9H,2,5,8H2,1H3,(H,15,16). The van der Waals surface area contributed by atoms with Gasteiger partial charge in [0.05, 0.1) is 6.61 Å². The van der Waals surface area contributed by atoms with Crippen LogP contribution in [-0.2, 0) is 11.2 Å². The molecule has 0 aliphatic heterocycles. The number of hydrogen-bond donors (Lipinski definition) is 1. The Morgan fingerprint density at radius 3 is 2.95 bits per heavy atom. The lowest BCUT2D eigenvalue weighted by Gasteiger charge is -2.02. The maximum atomic E-state index is 11.4. The van der Waals surface area contributed by atoms with Crippen molar-refractivity contribution in [2.75, 3.05) is 18.5 Å². The first-order valence-electron chi connectivity index (χ1n) is 6.05. The van der Waals surface area contributed by atoms with Crippen LogP contribution >= 0.6 is 11.3 Å². The highest BCUT2D eigenvalue weighted by atomic mass is 32.1. The maximum absolute atomic E-state index is 11.4. The molecule has 0 unspecified atom stereocenters. The van der Waals surface area contributed by atoms with E-state index in [1.54, 1.807) is 24.7 Å². The number of rotatable bonds is 6. The number of anilines is 1. The Hall–Kier alpha value is -1.95. The summed E-state index contributed by atoms with van der Waals surface area (Å²) in [7, 11) is 0. The number of esters is 1. The molecule has 0 bridgehead atoms. The van der Waals surface area contributed by atoms with E-state index in [1.165, 1.54) is 16.9 Å². The van der Waals surface area contributed by atoms with Crippen LogP contribution in [0.3, 0.4) is 0 Å². The van der Waals surface area contributed by atoms with Crippen molar-refractivity contribution in [3.8, 4) is 0 Å². The number of nitrogens with one attached hydrogen (secondary N) is 1. The van der Waals surface area contributed by atoms with Crippen molar-refractivity contribution >= 4 is 22.4 Å². The molecule has 0 radical (unpaired) electrons. The van der Waals surface area contributed by atoms with Crippen molar-refractivity contribution in [1.82, 2.24) is 9.97 Å². The fourth-order valence-electron chi connectivity index (χ4n) is 1.52. The molecule has 0 aromatic carbocycles. The maximum Gasteiger partial charge on any atom is 0.357 e. The Bertz CT molecular complexity index is 528. The zero-order valence-electron chi connectivity index (χ0n) is 10.6. The van der Waals surface area contributed by atoms with Gasteiger partial charge >= 0.3 is 5.97 Å². The smallest absolute Gasteiger partial charge is 0.357 e. The van der Waals surface area contributed by atoms with E-state index in [9.17, 15) is 4.79 Å². The van der Waals surface area contributed by atoms with Crippen molar-refractivity contribution in [1.29, 1.82) is 0 Å². The Morgan fingerprint density at radius 1 is 1.42 bits per heavy atom. The van der Waals surface area contributed by atoms with Crippen LogP contribution in [0, 0.1) is 0 Å². The molecule has 5 nitrogen and oxygen atoms in total. The molecular weight excluding hydrogens is 262 g/mol. The molecule has 0 aliphatic carbocycles. The molecule has 0 fully saturated rings. The summed E-state index contributed by atoms with van der Waals surface area (Å²) in [5.74, 6) is -0.374. The van der Waals surface area contributed by atoms with E-state index in [2.05, 4.69) is 15.3 Å². The number of ether oxygens (including phenoxy) is 1. The van der Waals surface area contributed by atoms with E-state index < -0.39 is 0 Å². The van der Waals surface area contributed by atoms with Gasteiger partial charge in [0.1, 0.15) is 0 Å². The molecule has 6 heteroatoms. The number of thiazole rings is 1. The number of carbonyl (C=O) groups is 1. The van der Waals surface area contributed by atoms with E-state index in [4.69, 9.17) is 4.74 Å². The van der Waals surface area contributed by atoms with Crippen LogP contribution in [0.15, 0.2) is 29.9 Å². The highest BCUT2D eigenvalue weighted by Crippen LogP contribution is 2.16. The zero-order valence-corrected chi connectivity index (χ0v) is 11.4. The summed E-state index contributed by atoms with van der Waals surface area (Å²) in [6, 6.07) is 3.96. The second kappa shape index (κ2) is 6.84. The Labute approximate surface area is 115 Å². The average molecular weight is 277 g/mol. The lowest BCUT2D eigenvalue weighted by molar-refractivity contribution is 0.0520. The van der Waals surface area contributed by atoms with Crippen LogP contribution in [0.5, 0.6) is 0 Å². The van der Waals surface area contributed by atoms with Crippen molar-refractivity contribution < 1.29 is 9.53 Å². The second-order valence-electron chi connectivity index (χ2n) is 3.79. The molecule has 19 heavy (non-hydrogen) atoms. The normalized spacial score (nSPS) is 10.2. The van der Waals surface area contributed by atoms with Gasteiger partial charge in [-0.1, -0.05) is 0 Å². The molecule has 2 aromatic rings. The summed E-state index contributed by atoms with van der Waals surface area (Å²) < 4.78 is 4.89. The minimum Gasteiger partial charge on any atom is -0.461 e. The Morgan fingerprint density at radius 2 is 2.21 bits per heavy atom. The lowest BCUT2D eigenvalue weighted by atomic mass is 10.2. The van der Waals surface area contributed by atoms with Gasteiger partial charge in [-0.05, 0) is 31.0 Å². The highest BCUT2D eigenvalue weighted by Gasteiger charge is 2.10. The minimum absolute atomic E-state index is 0.360. The van der Waals surface area contributed by atoms with Crippen molar-refractivity contribution in [2.24, 2.45) is 0 Å². The first-order chi connectivity index (χ1) is 9.29. The molecule has 0 amide bonds. The van der Waals surface area contributed by atoms with Crippen LogP contribution in [-0.4, -0.2) is 29.1 Å². The molecule has 0 atom stereocenters. The number of pyridine rings is 1. The summed E-state index contributed by atoms with van der Waals surface area (Å²) in [5.41, 5.74) is 1.57. The van der Waals surface area contributed by atoms with Crippen LogP contribution in [0.4, 0.5) is 5.13 Å². The third-order valence-corrected chi connectivity index (χ3v) is 3.23. The van der Waals surface area contributed by atoms with Gasteiger partial charge in [-0.2, -0.15) is 0 Å². The van der Waals surface area contributed by atoms with Gasteiger partial charge in [-0.3, -0.25) is 4.98 Å². The first-order valence-corrected chi connectivity index (χ1v) is 6.93. The van der Waals surface area contributed by atoms with E-state index in [-0.39, 0.29) is 5.97 Å². The summed E-state index contributed by atoms with van der Waals surface area (Å²) in [6.07, 6.45) is 4.44. The molecule has 0 spiro atoms. The molecule has 2 aromatic heterocycles. The van der Waals surface area contributed by atoms with E-state index in [0.29, 0.717) is 12.3 Å². The van der Waals surface area contributed by atoms with E-state index in [0.717, 1.165) is 18.1 Å². The van der Waals surface area contributed by atoms with E-state index >= 15 is 0 Å². The quantitative estimate of drug-likeness (QED) is 0.821. The van der Waals surface area contributed by atoms with E-state index in [1.807, 2.05) is 12.1 Å². The third-order valence-electron chi connectivity index (χ3n) is 2.43. The minimum atomic E-state index is -0.374. The molecule has 1 N–H and O–H groups in total. The Kier molecular flexibility index (Phi) is 4.85. The number of aromatic nitrogens is 2.